The van der Waals surface area contributed by atoms with Crippen molar-refractivity contribution in [2.75, 3.05) is 17.2 Å². The highest BCUT2D eigenvalue weighted by molar-refractivity contribution is 5.68. The standard InChI is InChI=1S/C15H17N3/c1-11-4-2-5-12(17-11)10-18-9-8-13-14(16)6-3-7-15(13)18/h2-7H,8-10,16H2,1H3. The Balaban J connectivity index is 1.87. The van der Waals surface area contributed by atoms with E-state index in [-0.39, 0.29) is 0 Å². The lowest BCUT2D eigenvalue weighted by atomic mass is 10.1. The first kappa shape index (κ1) is 11.1. The lowest BCUT2D eigenvalue weighted by Gasteiger charge is -2.19. The first-order valence-corrected chi connectivity index (χ1v) is 6.29. The van der Waals surface area contributed by atoms with E-state index >= 15 is 0 Å². The summed E-state index contributed by atoms with van der Waals surface area (Å²) in [6, 6.07) is 12.3. The van der Waals surface area contributed by atoms with Gasteiger partial charge in [0.05, 0.1) is 12.2 Å². The molecule has 0 saturated heterocycles. The number of fused-ring (bicyclic) bond motifs is 1. The van der Waals surface area contributed by atoms with Gasteiger partial charge < -0.3 is 10.6 Å². The highest BCUT2D eigenvalue weighted by atomic mass is 15.2. The van der Waals surface area contributed by atoms with E-state index in [0.29, 0.717) is 0 Å². The van der Waals surface area contributed by atoms with Crippen LogP contribution in [-0.4, -0.2) is 11.5 Å². The number of nitrogens with two attached hydrogens (primary N) is 1. The highest BCUT2D eigenvalue weighted by Gasteiger charge is 2.20. The van der Waals surface area contributed by atoms with Gasteiger partial charge in [0.25, 0.3) is 0 Å². The van der Waals surface area contributed by atoms with Gasteiger partial charge in [-0.25, -0.2) is 0 Å². The van der Waals surface area contributed by atoms with Crippen LogP contribution >= 0.6 is 0 Å². The van der Waals surface area contributed by atoms with E-state index < -0.39 is 0 Å². The molecule has 0 atom stereocenters. The summed E-state index contributed by atoms with van der Waals surface area (Å²) in [5.74, 6) is 0. The Morgan fingerprint density at radius 2 is 2.06 bits per heavy atom. The minimum Gasteiger partial charge on any atom is -0.398 e. The molecule has 18 heavy (non-hydrogen) atoms. The summed E-state index contributed by atoms with van der Waals surface area (Å²) < 4.78 is 0. The largest absolute Gasteiger partial charge is 0.398 e. The van der Waals surface area contributed by atoms with Gasteiger partial charge >= 0.3 is 0 Å². The third-order valence-corrected chi connectivity index (χ3v) is 3.46. The molecule has 0 saturated carbocycles. The summed E-state index contributed by atoms with van der Waals surface area (Å²) in [6.07, 6.45) is 1.04. The minimum absolute atomic E-state index is 0.859. The molecule has 1 aliphatic heterocycles. The van der Waals surface area contributed by atoms with Crippen molar-refractivity contribution < 1.29 is 0 Å². The average molecular weight is 239 g/mol. The number of anilines is 2. The average Bonchev–Trinajstić information content (AvgIpc) is 2.74. The van der Waals surface area contributed by atoms with Crippen LogP contribution in [0.1, 0.15) is 17.0 Å². The van der Waals surface area contributed by atoms with Crippen LogP contribution in [0.4, 0.5) is 11.4 Å². The maximum atomic E-state index is 6.01. The molecular formula is C15H17N3. The summed E-state index contributed by atoms with van der Waals surface area (Å²) in [7, 11) is 0. The number of pyridine rings is 1. The van der Waals surface area contributed by atoms with Gasteiger partial charge in [0.15, 0.2) is 0 Å². The summed E-state index contributed by atoms with van der Waals surface area (Å²) >= 11 is 0. The van der Waals surface area contributed by atoms with Crippen molar-refractivity contribution in [2.45, 2.75) is 19.9 Å². The maximum absolute atomic E-state index is 6.01. The van der Waals surface area contributed by atoms with Crippen LogP contribution in [0, 0.1) is 6.92 Å². The molecule has 2 N–H and O–H groups in total. The van der Waals surface area contributed by atoms with Crippen molar-refractivity contribution in [1.29, 1.82) is 0 Å². The monoisotopic (exact) mass is 239 g/mol. The van der Waals surface area contributed by atoms with Gasteiger partial charge in [-0.3, -0.25) is 4.98 Å². The molecule has 1 aromatic heterocycles. The van der Waals surface area contributed by atoms with Crippen LogP contribution in [0.3, 0.4) is 0 Å². The fraction of sp³-hybridized carbons (Fsp3) is 0.267. The van der Waals surface area contributed by atoms with Crippen LogP contribution in [0.2, 0.25) is 0 Å². The molecule has 0 radical (unpaired) electrons. The number of rotatable bonds is 2. The zero-order chi connectivity index (χ0) is 12.5. The van der Waals surface area contributed by atoms with Crippen molar-refractivity contribution in [3.8, 4) is 0 Å². The van der Waals surface area contributed by atoms with Gasteiger partial charge in [0, 0.05) is 29.2 Å². The van der Waals surface area contributed by atoms with Gasteiger partial charge in [-0.15, -0.1) is 0 Å². The molecule has 0 amide bonds. The Bertz CT molecular complexity index is 578. The summed E-state index contributed by atoms with van der Waals surface area (Å²) in [4.78, 5) is 6.91. The summed E-state index contributed by atoms with van der Waals surface area (Å²) in [5, 5.41) is 0. The molecule has 0 fully saturated rings. The molecule has 3 heteroatoms. The SMILES string of the molecule is Cc1cccc(CN2CCc3c(N)cccc32)n1. The van der Waals surface area contributed by atoms with Crippen molar-refractivity contribution in [1.82, 2.24) is 4.98 Å². The second kappa shape index (κ2) is 4.33. The Labute approximate surface area is 107 Å². The number of hydrogen-bond donors (Lipinski definition) is 1. The van der Waals surface area contributed by atoms with Gasteiger partial charge in [-0.1, -0.05) is 12.1 Å². The molecule has 2 aromatic rings. The number of hydrogen-bond acceptors (Lipinski definition) is 3. The molecule has 1 aromatic carbocycles. The van der Waals surface area contributed by atoms with Crippen molar-refractivity contribution in [3.05, 3.63) is 53.3 Å². The number of nitrogen functional groups attached to an aromatic ring is 1. The minimum atomic E-state index is 0.859. The zero-order valence-electron chi connectivity index (χ0n) is 10.6. The molecule has 92 valence electrons. The number of aromatic nitrogens is 1. The number of benzene rings is 1. The fourth-order valence-electron chi connectivity index (χ4n) is 2.58. The first-order chi connectivity index (χ1) is 8.74. The molecule has 3 rings (SSSR count). The molecule has 3 nitrogen and oxygen atoms in total. The Morgan fingerprint density at radius 3 is 2.89 bits per heavy atom. The maximum Gasteiger partial charge on any atom is 0.0602 e. The van der Waals surface area contributed by atoms with Crippen molar-refractivity contribution >= 4 is 11.4 Å². The fourth-order valence-corrected chi connectivity index (χ4v) is 2.58. The number of aryl methyl sites for hydroxylation is 1. The second-order valence-electron chi connectivity index (χ2n) is 4.79. The van der Waals surface area contributed by atoms with E-state index in [4.69, 9.17) is 5.73 Å². The zero-order valence-corrected chi connectivity index (χ0v) is 10.6. The van der Waals surface area contributed by atoms with E-state index in [9.17, 15) is 0 Å². The summed E-state index contributed by atoms with van der Waals surface area (Å²) in [6.45, 7) is 3.91. The third kappa shape index (κ3) is 1.92. The predicted molar refractivity (Wildman–Crippen MR) is 74.6 cm³/mol. The van der Waals surface area contributed by atoms with Gasteiger partial charge in [0.2, 0.25) is 0 Å². The molecule has 0 spiro atoms. The smallest absolute Gasteiger partial charge is 0.0602 e. The highest BCUT2D eigenvalue weighted by Crippen LogP contribution is 2.32. The van der Waals surface area contributed by atoms with E-state index in [1.165, 1.54) is 11.3 Å². The van der Waals surface area contributed by atoms with Crippen LogP contribution in [0.25, 0.3) is 0 Å². The lowest BCUT2D eigenvalue weighted by molar-refractivity contribution is 0.811. The van der Waals surface area contributed by atoms with Gasteiger partial charge in [-0.05, 0) is 37.6 Å². The molecular weight excluding hydrogens is 222 g/mol. The van der Waals surface area contributed by atoms with E-state index in [2.05, 4.69) is 28.1 Å². The van der Waals surface area contributed by atoms with Crippen LogP contribution in [-0.2, 0) is 13.0 Å². The quantitative estimate of drug-likeness (QED) is 0.819. The third-order valence-electron chi connectivity index (χ3n) is 3.46. The van der Waals surface area contributed by atoms with Crippen LogP contribution in [0.15, 0.2) is 36.4 Å². The molecule has 0 unspecified atom stereocenters. The van der Waals surface area contributed by atoms with E-state index in [0.717, 1.165) is 36.6 Å². The van der Waals surface area contributed by atoms with E-state index in [1.807, 2.05) is 25.1 Å². The van der Waals surface area contributed by atoms with E-state index in [1.54, 1.807) is 0 Å². The molecule has 2 heterocycles. The first-order valence-electron chi connectivity index (χ1n) is 6.29. The van der Waals surface area contributed by atoms with Gasteiger partial charge in [-0.2, -0.15) is 0 Å². The van der Waals surface area contributed by atoms with Crippen LogP contribution < -0.4 is 10.6 Å². The van der Waals surface area contributed by atoms with Gasteiger partial charge in [0.1, 0.15) is 0 Å². The Morgan fingerprint density at radius 1 is 1.22 bits per heavy atom. The predicted octanol–water partition coefficient (Wildman–Crippen LogP) is 2.53. The van der Waals surface area contributed by atoms with Crippen molar-refractivity contribution in [2.24, 2.45) is 0 Å². The Kier molecular flexibility index (Phi) is 2.67. The van der Waals surface area contributed by atoms with Crippen molar-refractivity contribution in [3.63, 3.8) is 0 Å². The molecule has 0 bridgehead atoms. The normalized spacial score (nSPS) is 13.7. The lowest BCUT2D eigenvalue weighted by Crippen LogP contribution is -2.20. The summed E-state index contributed by atoms with van der Waals surface area (Å²) in [5.41, 5.74) is 11.6. The molecule has 0 aliphatic carbocycles. The second-order valence-corrected chi connectivity index (χ2v) is 4.79. The van der Waals surface area contributed by atoms with Crippen LogP contribution in [0.5, 0.6) is 0 Å². The molecule has 1 aliphatic rings. The Hall–Kier alpha value is -2.03. The number of nitrogens with zero attached hydrogens (tertiary/aromatic N) is 2. The topological polar surface area (TPSA) is 42.1 Å².